The number of likely N-dealkylation sites (tertiary alicyclic amines) is 1. The fraction of sp³-hybridized carbons (Fsp3) is 0.643. The van der Waals surface area contributed by atoms with Crippen molar-refractivity contribution in [1.29, 1.82) is 0 Å². The van der Waals surface area contributed by atoms with Crippen LogP contribution in [0, 0.1) is 0 Å². The van der Waals surface area contributed by atoms with Crippen molar-refractivity contribution < 1.29 is 4.79 Å². The van der Waals surface area contributed by atoms with Gasteiger partial charge in [0.05, 0.1) is 11.6 Å². The highest BCUT2D eigenvalue weighted by Gasteiger charge is 2.38. The number of carbonyl (C=O) groups excluding carboxylic acids is 1. The number of thiophene rings is 1. The Morgan fingerprint density at radius 2 is 2.44 bits per heavy atom. The van der Waals surface area contributed by atoms with Gasteiger partial charge in [0, 0.05) is 6.54 Å². The van der Waals surface area contributed by atoms with E-state index in [1.807, 2.05) is 11.8 Å². The zero-order chi connectivity index (χ0) is 13.2. The Balaban J connectivity index is 2.14. The van der Waals surface area contributed by atoms with Gasteiger partial charge in [-0.1, -0.05) is 13.3 Å². The highest BCUT2D eigenvalue weighted by Crippen LogP contribution is 2.34. The van der Waals surface area contributed by atoms with Gasteiger partial charge in [-0.15, -0.1) is 0 Å². The highest BCUT2D eigenvalue weighted by molar-refractivity contribution is 7.07. The first kappa shape index (κ1) is 13.6. The molecule has 1 fully saturated rings. The molecule has 2 heterocycles. The topological polar surface area (TPSA) is 46.3 Å². The van der Waals surface area contributed by atoms with E-state index in [9.17, 15) is 4.79 Å². The fourth-order valence-electron chi connectivity index (χ4n) is 2.78. The maximum Gasteiger partial charge on any atom is 0.242 e. The molecule has 4 heteroatoms. The molecule has 18 heavy (non-hydrogen) atoms. The molecule has 0 aromatic carbocycles. The first-order chi connectivity index (χ1) is 8.56. The van der Waals surface area contributed by atoms with E-state index < -0.39 is 5.54 Å². The first-order valence-electron chi connectivity index (χ1n) is 6.68. The second-order valence-electron chi connectivity index (χ2n) is 5.38. The van der Waals surface area contributed by atoms with Gasteiger partial charge in [0.1, 0.15) is 0 Å². The highest BCUT2D eigenvalue weighted by atomic mass is 32.1. The molecule has 2 atom stereocenters. The van der Waals surface area contributed by atoms with Crippen molar-refractivity contribution in [3.63, 3.8) is 0 Å². The molecular weight excluding hydrogens is 244 g/mol. The van der Waals surface area contributed by atoms with Crippen molar-refractivity contribution in [2.75, 3.05) is 6.54 Å². The van der Waals surface area contributed by atoms with Gasteiger partial charge in [0.15, 0.2) is 0 Å². The Labute approximate surface area is 113 Å². The number of rotatable bonds is 4. The molecule has 3 nitrogen and oxygen atoms in total. The van der Waals surface area contributed by atoms with Crippen LogP contribution in [0.4, 0.5) is 0 Å². The zero-order valence-electron chi connectivity index (χ0n) is 11.2. The van der Waals surface area contributed by atoms with Gasteiger partial charge < -0.3 is 10.6 Å². The lowest BCUT2D eigenvalue weighted by Gasteiger charge is -2.32. The van der Waals surface area contributed by atoms with Gasteiger partial charge in [-0.25, -0.2) is 0 Å². The summed E-state index contributed by atoms with van der Waals surface area (Å²) in [5, 5.41) is 4.22. The normalized spacial score (nSPS) is 23.1. The van der Waals surface area contributed by atoms with Crippen LogP contribution >= 0.6 is 11.3 Å². The molecule has 2 rings (SSSR count). The standard InChI is InChI=1S/C14H22N2OS/c1-3-7-14(2,15)13(17)16-8-4-5-12(16)11-6-9-18-10-11/h6,9-10,12H,3-5,7-8,15H2,1-2H3. The molecule has 1 aromatic heterocycles. The van der Waals surface area contributed by atoms with Gasteiger partial charge in [0.25, 0.3) is 0 Å². The Hall–Kier alpha value is -0.870. The second kappa shape index (κ2) is 5.41. The number of hydrogen-bond donors (Lipinski definition) is 1. The minimum absolute atomic E-state index is 0.109. The van der Waals surface area contributed by atoms with Gasteiger partial charge >= 0.3 is 0 Å². The molecule has 0 radical (unpaired) electrons. The molecule has 2 N–H and O–H groups in total. The van der Waals surface area contributed by atoms with Crippen molar-refractivity contribution >= 4 is 17.2 Å². The maximum atomic E-state index is 12.6. The molecule has 1 amide bonds. The predicted octanol–water partition coefficient (Wildman–Crippen LogP) is 2.93. The molecule has 0 spiro atoms. The van der Waals surface area contributed by atoms with Gasteiger partial charge in [-0.3, -0.25) is 4.79 Å². The van der Waals surface area contributed by atoms with Crippen molar-refractivity contribution in [1.82, 2.24) is 4.90 Å². The smallest absolute Gasteiger partial charge is 0.242 e. The fourth-order valence-corrected chi connectivity index (χ4v) is 3.48. The van der Waals surface area contributed by atoms with Crippen LogP contribution in [-0.4, -0.2) is 22.9 Å². The van der Waals surface area contributed by atoms with Crippen molar-refractivity contribution in [3.8, 4) is 0 Å². The van der Waals surface area contributed by atoms with E-state index in [1.54, 1.807) is 11.3 Å². The van der Waals surface area contributed by atoms with Crippen LogP contribution in [0.2, 0.25) is 0 Å². The molecule has 1 saturated heterocycles. The summed E-state index contributed by atoms with van der Waals surface area (Å²) in [6.07, 6.45) is 3.83. The summed E-state index contributed by atoms with van der Waals surface area (Å²) in [6.45, 7) is 4.77. The molecule has 0 bridgehead atoms. The summed E-state index contributed by atoms with van der Waals surface area (Å²) < 4.78 is 0. The van der Waals surface area contributed by atoms with E-state index in [0.717, 1.165) is 32.2 Å². The Morgan fingerprint density at radius 1 is 1.67 bits per heavy atom. The number of nitrogens with zero attached hydrogens (tertiary/aromatic N) is 1. The molecule has 2 unspecified atom stereocenters. The number of amides is 1. The minimum Gasteiger partial charge on any atom is -0.334 e. The van der Waals surface area contributed by atoms with Gasteiger partial charge in [-0.2, -0.15) is 11.3 Å². The predicted molar refractivity (Wildman–Crippen MR) is 75.5 cm³/mol. The number of carbonyl (C=O) groups is 1. The van der Waals surface area contributed by atoms with Gasteiger partial charge in [-0.05, 0) is 48.6 Å². The van der Waals surface area contributed by atoms with E-state index in [-0.39, 0.29) is 11.9 Å². The molecule has 1 aliphatic rings. The summed E-state index contributed by atoms with van der Waals surface area (Å²) in [5.74, 6) is 0.109. The Kier molecular flexibility index (Phi) is 4.07. The monoisotopic (exact) mass is 266 g/mol. The zero-order valence-corrected chi connectivity index (χ0v) is 12.0. The SMILES string of the molecule is CCCC(C)(N)C(=O)N1CCCC1c1ccsc1. The lowest BCUT2D eigenvalue weighted by Crippen LogP contribution is -2.52. The summed E-state index contributed by atoms with van der Waals surface area (Å²) in [7, 11) is 0. The molecule has 100 valence electrons. The van der Waals surface area contributed by atoms with E-state index in [4.69, 9.17) is 5.73 Å². The van der Waals surface area contributed by atoms with Crippen LogP contribution < -0.4 is 5.73 Å². The van der Waals surface area contributed by atoms with Gasteiger partial charge in [0.2, 0.25) is 5.91 Å². The molecule has 1 aliphatic heterocycles. The average Bonchev–Trinajstić information content (AvgIpc) is 2.98. The minimum atomic E-state index is -0.715. The third kappa shape index (κ3) is 2.59. The molecule has 0 aliphatic carbocycles. The molecule has 1 aromatic rings. The van der Waals surface area contributed by atoms with Crippen molar-refractivity contribution in [2.24, 2.45) is 5.73 Å². The van der Waals surface area contributed by atoms with Crippen LogP contribution in [0.3, 0.4) is 0 Å². The average molecular weight is 266 g/mol. The number of nitrogens with two attached hydrogens (primary N) is 1. The Morgan fingerprint density at radius 3 is 3.06 bits per heavy atom. The van der Waals surface area contributed by atoms with Crippen molar-refractivity contribution in [2.45, 2.75) is 51.1 Å². The summed E-state index contributed by atoms with van der Waals surface area (Å²) in [6, 6.07) is 2.36. The van der Waals surface area contributed by atoms with Crippen LogP contribution in [0.25, 0.3) is 0 Å². The number of hydrogen-bond acceptors (Lipinski definition) is 3. The van der Waals surface area contributed by atoms with Crippen LogP contribution in [0.5, 0.6) is 0 Å². The van der Waals surface area contributed by atoms with E-state index in [0.29, 0.717) is 0 Å². The van der Waals surface area contributed by atoms with Crippen LogP contribution in [-0.2, 0) is 4.79 Å². The lowest BCUT2D eigenvalue weighted by molar-refractivity contribution is -0.137. The van der Waals surface area contributed by atoms with Crippen LogP contribution in [0.1, 0.15) is 51.1 Å². The third-order valence-electron chi connectivity index (χ3n) is 3.70. The first-order valence-corrected chi connectivity index (χ1v) is 7.62. The Bertz CT molecular complexity index is 400. The van der Waals surface area contributed by atoms with Crippen molar-refractivity contribution in [3.05, 3.63) is 22.4 Å². The summed E-state index contributed by atoms with van der Waals surface area (Å²) in [5.41, 5.74) is 6.72. The largest absolute Gasteiger partial charge is 0.334 e. The third-order valence-corrected chi connectivity index (χ3v) is 4.40. The van der Waals surface area contributed by atoms with Crippen LogP contribution in [0.15, 0.2) is 16.8 Å². The van der Waals surface area contributed by atoms with E-state index >= 15 is 0 Å². The molecule has 0 saturated carbocycles. The summed E-state index contributed by atoms with van der Waals surface area (Å²) in [4.78, 5) is 14.6. The van der Waals surface area contributed by atoms with E-state index in [2.05, 4.69) is 23.8 Å². The second-order valence-corrected chi connectivity index (χ2v) is 6.16. The summed E-state index contributed by atoms with van der Waals surface area (Å²) >= 11 is 1.69. The molecular formula is C14H22N2OS. The van der Waals surface area contributed by atoms with E-state index in [1.165, 1.54) is 5.56 Å². The quantitative estimate of drug-likeness (QED) is 0.910. The lowest BCUT2D eigenvalue weighted by atomic mass is 9.95. The maximum absolute atomic E-state index is 12.6.